The van der Waals surface area contributed by atoms with E-state index in [9.17, 15) is 13.2 Å². The van der Waals surface area contributed by atoms with Gasteiger partial charge in [0.2, 0.25) is 0 Å². The minimum atomic E-state index is -4.34. The number of benzene rings is 2. The maximum absolute atomic E-state index is 12.2. The number of fused-ring (bicyclic) bond motifs is 1. The van der Waals surface area contributed by atoms with Crippen LogP contribution in [0.25, 0.3) is 11.0 Å². The minimum absolute atomic E-state index is 0.184. The molecule has 0 unspecified atom stereocenters. The van der Waals surface area contributed by atoms with Gasteiger partial charge in [0.1, 0.15) is 11.6 Å². The number of alkyl halides is 3. The predicted octanol–water partition coefficient (Wildman–Crippen LogP) is 3.80. The number of hydrogen-bond acceptors (Lipinski definition) is 3. The SMILES string of the molecule is CN=C(NCCCc1nc2ccccc2[nH]1)NCc1ccc(OCC(F)(F)F)cc1. The first-order chi connectivity index (χ1) is 14.4. The van der Waals surface area contributed by atoms with Crippen LogP contribution in [0.3, 0.4) is 0 Å². The lowest BCUT2D eigenvalue weighted by molar-refractivity contribution is -0.153. The van der Waals surface area contributed by atoms with Crippen molar-refractivity contribution in [2.45, 2.75) is 25.6 Å². The molecule has 3 rings (SSSR count). The van der Waals surface area contributed by atoms with Gasteiger partial charge in [0, 0.05) is 26.6 Å². The fraction of sp³-hybridized carbons (Fsp3) is 0.333. The van der Waals surface area contributed by atoms with Crippen LogP contribution in [0.2, 0.25) is 0 Å². The minimum Gasteiger partial charge on any atom is -0.484 e. The molecule has 0 amide bonds. The lowest BCUT2D eigenvalue weighted by atomic mass is 10.2. The number of rotatable bonds is 8. The average Bonchev–Trinajstić information content (AvgIpc) is 3.15. The molecule has 30 heavy (non-hydrogen) atoms. The Morgan fingerprint density at radius 1 is 1.10 bits per heavy atom. The Labute approximate surface area is 172 Å². The molecule has 0 fully saturated rings. The molecule has 0 bridgehead atoms. The summed E-state index contributed by atoms with van der Waals surface area (Å²) < 4.78 is 41.2. The summed E-state index contributed by atoms with van der Waals surface area (Å²) in [6.07, 6.45) is -2.65. The number of H-pyrrole nitrogens is 1. The monoisotopic (exact) mass is 419 g/mol. The quantitative estimate of drug-likeness (QED) is 0.295. The van der Waals surface area contributed by atoms with Gasteiger partial charge in [0.15, 0.2) is 12.6 Å². The highest BCUT2D eigenvalue weighted by molar-refractivity contribution is 5.79. The molecule has 0 aliphatic rings. The van der Waals surface area contributed by atoms with Crippen LogP contribution < -0.4 is 15.4 Å². The number of halogens is 3. The van der Waals surface area contributed by atoms with E-state index in [2.05, 4.69) is 25.6 Å². The van der Waals surface area contributed by atoms with Crippen molar-refractivity contribution in [2.75, 3.05) is 20.2 Å². The fourth-order valence-corrected chi connectivity index (χ4v) is 2.86. The number of nitrogens with one attached hydrogen (secondary N) is 3. The van der Waals surface area contributed by atoms with E-state index in [1.54, 1.807) is 19.2 Å². The zero-order valence-corrected chi connectivity index (χ0v) is 16.6. The Bertz CT molecular complexity index is 934. The molecule has 0 atom stereocenters. The highest BCUT2D eigenvalue weighted by atomic mass is 19.4. The normalized spacial score (nSPS) is 12.2. The van der Waals surface area contributed by atoms with E-state index in [0.717, 1.165) is 41.8 Å². The molecule has 0 saturated heterocycles. The van der Waals surface area contributed by atoms with Crippen LogP contribution in [-0.2, 0) is 13.0 Å². The van der Waals surface area contributed by atoms with Crippen LogP contribution in [0.1, 0.15) is 17.8 Å². The standard InChI is InChI=1S/C21H24F3N5O/c1-25-20(26-12-4-7-19-28-17-5-2-3-6-18(17)29-19)27-13-15-8-10-16(11-9-15)30-14-21(22,23)24/h2-3,5-6,8-11H,4,7,12-14H2,1H3,(H,28,29)(H2,25,26,27). The number of hydrogen-bond donors (Lipinski definition) is 3. The number of para-hydroxylation sites is 2. The molecule has 1 aromatic heterocycles. The third-order valence-corrected chi connectivity index (χ3v) is 4.33. The molecule has 3 aromatic rings. The second-order valence-electron chi connectivity index (χ2n) is 6.70. The van der Waals surface area contributed by atoms with Gasteiger partial charge < -0.3 is 20.4 Å². The third kappa shape index (κ3) is 6.68. The summed E-state index contributed by atoms with van der Waals surface area (Å²) in [4.78, 5) is 12.0. The number of aromatic nitrogens is 2. The van der Waals surface area contributed by atoms with Crippen molar-refractivity contribution in [2.24, 2.45) is 4.99 Å². The predicted molar refractivity (Wildman–Crippen MR) is 111 cm³/mol. The molecular formula is C21H24F3N5O. The van der Waals surface area contributed by atoms with Crippen LogP contribution in [0.15, 0.2) is 53.5 Å². The Morgan fingerprint density at radius 2 is 1.87 bits per heavy atom. The number of aryl methyl sites for hydroxylation is 1. The van der Waals surface area contributed by atoms with Crippen molar-refractivity contribution in [3.63, 3.8) is 0 Å². The van der Waals surface area contributed by atoms with E-state index in [1.165, 1.54) is 12.1 Å². The number of aliphatic imine (C=N–C) groups is 1. The topological polar surface area (TPSA) is 74.3 Å². The van der Waals surface area contributed by atoms with Crippen molar-refractivity contribution in [1.29, 1.82) is 0 Å². The van der Waals surface area contributed by atoms with Gasteiger partial charge in [-0.25, -0.2) is 4.98 Å². The fourth-order valence-electron chi connectivity index (χ4n) is 2.86. The van der Waals surface area contributed by atoms with Gasteiger partial charge in [-0.3, -0.25) is 4.99 Å². The van der Waals surface area contributed by atoms with Crippen LogP contribution >= 0.6 is 0 Å². The summed E-state index contributed by atoms with van der Waals surface area (Å²) >= 11 is 0. The number of ether oxygens (including phenoxy) is 1. The first-order valence-electron chi connectivity index (χ1n) is 9.59. The zero-order valence-electron chi connectivity index (χ0n) is 16.6. The van der Waals surface area contributed by atoms with Crippen LogP contribution in [0, 0.1) is 0 Å². The van der Waals surface area contributed by atoms with Crippen molar-refractivity contribution >= 4 is 17.0 Å². The van der Waals surface area contributed by atoms with Gasteiger partial charge in [-0.2, -0.15) is 13.2 Å². The van der Waals surface area contributed by atoms with Gasteiger partial charge in [-0.05, 0) is 36.2 Å². The van der Waals surface area contributed by atoms with Crippen LogP contribution in [0.5, 0.6) is 5.75 Å². The summed E-state index contributed by atoms with van der Waals surface area (Å²) in [6, 6.07) is 14.4. The zero-order chi connectivity index (χ0) is 21.4. The summed E-state index contributed by atoms with van der Waals surface area (Å²) in [5, 5.41) is 6.42. The summed E-state index contributed by atoms with van der Waals surface area (Å²) in [6.45, 7) is -0.0844. The van der Waals surface area contributed by atoms with E-state index < -0.39 is 12.8 Å². The largest absolute Gasteiger partial charge is 0.484 e. The lowest BCUT2D eigenvalue weighted by Crippen LogP contribution is -2.37. The number of aromatic amines is 1. The lowest BCUT2D eigenvalue weighted by Gasteiger charge is -2.12. The molecule has 2 aromatic carbocycles. The number of imidazole rings is 1. The first kappa shape index (κ1) is 21.5. The first-order valence-corrected chi connectivity index (χ1v) is 9.59. The molecular weight excluding hydrogens is 395 g/mol. The molecule has 6 nitrogen and oxygen atoms in total. The van der Waals surface area contributed by atoms with Gasteiger partial charge in [-0.1, -0.05) is 24.3 Å². The number of guanidine groups is 1. The van der Waals surface area contributed by atoms with E-state index in [-0.39, 0.29) is 5.75 Å². The maximum atomic E-state index is 12.2. The van der Waals surface area contributed by atoms with Gasteiger partial charge in [0.25, 0.3) is 0 Å². The molecule has 0 aliphatic carbocycles. The van der Waals surface area contributed by atoms with E-state index in [4.69, 9.17) is 4.74 Å². The second-order valence-corrected chi connectivity index (χ2v) is 6.70. The molecule has 0 spiro atoms. The van der Waals surface area contributed by atoms with Gasteiger partial charge >= 0.3 is 6.18 Å². The molecule has 0 radical (unpaired) electrons. The van der Waals surface area contributed by atoms with Gasteiger partial charge in [-0.15, -0.1) is 0 Å². The van der Waals surface area contributed by atoms with Crippen LogP contribution in [0.4, 0.5) is 13.2 Å². The van der Waals surface area contributed by atoms with Crippen LogP contribution in [-0.4, -0.2) is 42.3 Å². The third-order valence-electron chi connectivity index (χ3n) is 4.33. The molecule has 3 N–H and O–H groups in total. The highest BCUT2D eigenvalue weighted by Gasteiger charge is 2.28. The Balaban J connectivity index is 1.38. The van der Waals surface area contributed by atoms with Crippen molar-refractivity contribution < 1.29 is 17.9 Å². The smallest absolute Gasteiger partial charge is 0.422 e. The summed E-state index contributed by atoms with van der Waals surface area (Å²) in [5.74, 6) is 1.79. The Morgan fingerprint density at radius 3 is 2.57 bits per heavy atom. The van der Waals surface area contributed by atoms with E-state index in [0.29, 0.717) is 12.5 Å². The molecule has 0 aliphatic heterocycles. The van der Waals surface area contributed by atoms with E-state index >= 15 is 0 Å². The summed E-state index contributed by atoms with van der Waals surface area (Å²) in [7, 11) is 1.68. The van der Waals surface area contributed by atoms with E-state index in [1.807, 2.05) is 24.3 Å². The molecule has 9 heteroatoms. The molecule has 160 valence electrons. The summed E-state index contributed by atoms with van der Waals surface area (Å²) in [5.41, 5.74) is 2.90. The van der Waals surface area contributed by atoms with Crippen molar-refractivity contribution in [1.82, 2.24) is 20.6 Å². The average molecular weight is 419 g/mol. The second kappa shape index (κ2) is 10.00. The van der Waals surface area contributed by atoms with Crippen molar-refractivity contribution in [3.05, 3.63) is 59.9 Å². The molecule has 0 saturated carbocycles. The highest BCUT2D eigenvalue weighted by Crippen LogP contribution is 2.18. The Hall–Kier alpha value is -3.23. The Kier molecular flexibility index (Phi) is 7.16. The molecule has 1 heterocycles. The number of nitrogens with zero attached hydrogens (tertiary/aromatic N) is 2. The van der Waals surface area contributed by atoms with Gasteiger partial charge in [0.05, 0.1) is 11.0 Å². The maximum Gasteiger partial charge on any atom is 0.422 e. The van der Waals surface area contributed by atoms with Crippen molar-refractivity contribution in [3.8, 4) is 5.75 Å².